The Bertz CT molecular complexity index is 357. The molecule has 0 saturated carbocycles. The zero-order valence-electron chi connectivity index (χ0n) is 8.09. The number of aromatic nitrogens is 2. The van der Waals surface area contributed by atoms with Gasteiger partial charge in [0.05, 0.1) is 23.8 Å². The number of nitrogens with one attached hydrogen (secondary N) is 1. The first-order chi connectivity index (χ1) is 7.16. The van der Waals surface area contributed by atoms with Crippen molar-refractivity contribution >= 4 is 11.9 Å². The molecule has 0 bridgehead atoms. The molecule has 1 aliphatic heterocycles. The SMILES string of the molecule is [NH-]c1c[n+](N2CCC(C(=O)O)CC2)no1. The molecule has 0 aromatic carbocycles. The zero-order chi connectivity index (χ0) is 10.8. The van der Waals surface area contributed by atoms with Crippen LogP contribution in [0.5, 0.6) is 0 Å². The Hall–Kier alpha value is -1.79. The molecule has 0 unspecified atom stereocenters. The Morgan fingerprint density at radius 2 is 2.33 bits per heavy atom. The topological polar surface area (TPSA) is 94.2 Å². The molecule has 1 aromatic heterocycles. The van der Waals surface area contributed by atoms with Crippen LogP contribution >= 0.6 is 0 Å². The van der Waals surface area contributed by atoms with Crippen molar-refractivity contribution in [2.24, 2.45) is 5.92 Å². The maximum atomic E-state index is 10.7. The van der Waals surface area contributed by atoms with E-state index in [1.54, 1.807) is 0 Å². The van der Waals surface area contributed by atoms with Gasteiger partial charge in [0.25, 0.3) is 6.20 Å². The van der Waals surface area contributed by atoms with Crippen molar-refractivity contribution in [2.75, 3.05) is 18.1 Å². The third kappa shape index (κ3) is 2.00. The molecule has 2 rings (SSSR count). The molecule has 1 fully saturated rings. The Morgan fingerprint density at radius 1 is 1.67 bits per heavy atom. The van der Waals surface area contributed by atoms with E-state index in [1.807, 2.05) is 5.01 Å². The molecule has 2 N–H and O–H groups in total. The second kappa shape index (κ2) is 3.76. The third-order valence-electron chi connectivity index (χ3n) is 2.57. The summed E-state index contributed by atoms with van der Waals surface area (Å²) < 4.78 is 4.61. The van der Waals surface area contributed by atoms with Crippen molar-refractivity contribution < 1.29 is 19.2 Å². The molecule has 82 valence electrons. The van der Waals surface area contributed by atoms with E-state index < -0.39 is 5.97 Å². The van der Waals surface area contributed by atoms with Gasteiger partial charge in [-0.15, -0.1) is 0 Å². The summed E-state index contributed by atoms with van der Waals surface area (Å²) in [5.41, 5.74) is 7.17. The molecule has 0 spiro atoms. The predicted molar refractivity (Wildman–Crippen MR) is 49.0 cm³/mol. The molecule has 1 aliphatic rings. The van der Waals surface area contributed by atoms with Crippen molar-refractivity contribution in [3.8, 4) is 0 Å². The molecular weight excluding hydrogens is 200 g/mol. The maximum absolute atomic E-state index is 10.7. The van der Waals surface area contributed by atoms with Gasteiger partial charge in [0.15, 0.2) is 0 Å². The highest BCUT2D eigenvalue weighted by molar-refractivity contribution is 5.70. The van der Waals surface area contributed by atoms with E-state index in [1.165, 1.54) is 11.0 Å². The first kappa shape index (κ1) is 9.75. The van der Waals surface area contributed by atoms with E-state index in [2.05, 4.69) is 9.79 Å². The van der Waals surface area contributed by atoms with Gasteiger partial charge in [-0.25, -0.2) is 0 Å². The van der Waals surface area contributed by atoms with E-state index in [0.29, 0.717) is 25.9 Å². The second-order valence-electron chi connectivity index (χ2n) is 3.55. The molecule has 15 heavy (non-hydrogen) atoms. The van der Waals surface area contributed by atoms with Crippen LogP contribution < -0.4 is 9.80 Å². The Balaban J connectivity index is 1.96. The molecule has 0 radical (unpaired) electrons. The molecule has 1 saturated heterocycles. The molecule has 2 heterocycles. The smallest absolute Gasteiger partial charge is 0.306 e. The van der Waals surface area contributed by atoms with E-state index in [0.717, 1.165) is 0 Å². The Morgan fingerprint density at radius 3 is 2.80 bits per heavy atom. The van der Waals surface area contributed by atoms with E-state index in [-0.39, 0.29) is 11.8 Å². The van der Waals surface area contributed by atoms with Crippen molar-refractivity contribution in [3.05, 3.63) is 11.9 Å². The highest BCUT2D eigenvalue weighted by Gasteiger charge is 2.29. The monoisotopic (exact) mass is 212 g/mol. The summed E-state index contributed by atoms with van der Waals surface area (Å²) in [5, 5.41) is 14.3. The lowest BCUT2D eigenvalue weighted by atomic mass is 9.98. The first-order valence-electron chi connectivity index (χ1n) is 4.75. The minimum atomic E-state index is -0.735. The highest BCUT2D eigenvalue weighted by Crippen LogP contribution is 2.14. The largest absolute Gasteiger partial charge is 0.660 e. The van der Waals surface area contributed by atoms with Crippen molar-refractivity contribution in [2.45, 2.75) is 12.8 Å². The fourth-order valence-corrected chi connectivity index (χ4v) is 1.69. The van der Waals surface area contributed by atoms with Crippen LogP contribution in [0.3, 0.4) is 0 Å². The van der Waals surface area contributed by atoms with E-state index in [9.17, 15) is 4.79 Å². The average Bonchev–Trinajstić information content (AvgIpc) is 2.65. The van der Waals surface area contributed by atoms with Crippen LogP contribution in [-0.2, 0) is 4.79 Å². The standard InChI is InChI=1S/C8H12N4O3/c9-7-5-12(10-15-7)11-3-1-6(2-4-11)8(13)14/h5-6H,1-4H2,(H2-,9,10,13,14). The van der Waals surface area contributed by atoms with Gasteiger partial charge >= 0.3 is 5.97 Å². The lowest BCUT2D eigenvalue weighted by molar-refractivity contribution is -0.759. The summed E-state index contributed by atoms with van der Waals surface area (Å²) in [5.74, 6) is -0.999. The third-order valence-corrected chi connectivity index (χ3v) is 2.57. The summed E-state index contributed by atoms with van der Waals surface area (Å²) in [6.07, 6.45) is 2.66. The summed E-state index contributed by atoms with van der Waals surface area (Å²) in [7, 11) is 0. The maximum Gasteiger partial charge on any atom is 0.306 e. The molecular formula is C8H12N4O3. The van der Waals surface area contributed by atoms with Gasteiger partial charge in [-0.2, -0.15) is 5.01 Å². The average molecular weight is 212 g/mol. The predicted octanol–water partition coefficient (Wildman–Crippen LogP) is 0.0784. The van der Waals surface area contributed by atoms with E-state index >= 15 is 0 Å². The van der Waals surface area contributed by atoms with Crippen molar-refractivity contribution in [1.29, 1.82) is 0 Å². The zero-order valence-corrected chi connectivity index (χ0v) is 8.09. The molecule has 0 aliphatic carbocycles. The van der Waals surface area contributed by atoms with Crippen LogP contribution in [-0.4, -0.2) is 29.4 Å². The summed E-state index contributed by atoms with van der Waals surface area (Å²) in [4.78, 5) is 12.2. The minimum absolute atomic E-state index is 0.00430. The second-order valence-corrected chi connectivity index (χ2v) is 3.55. The van der Waals surface area contributed by atoms with E-state index in [4.69, 9.17) is 10.8 Å². The fourth-order valence-electron chi connectivity index (χ4n) is 1.69. The summed E-state index contributed by atoms with van der Waals surface area (Å²) >= 11 is 0. The molecule has 1 aromatic rings. The van der Waals surface area contributed by atoms with Gasteiger partial charge in [-0.3, -0.25) is 4.79 Å². The summed E-state index contributed by atoms with van der Waals surface area (Å²) in [6, 6.07) is 0. The van der Waals surface area contributed by atoms with Gasteiger partial charge in [0.2, 0.25) is 5.27 Å². The van der Waals surface area contributed by atoms with Gasteiger partial charge < -0.3 is 15.4 Å². The van der Waals surface area contributed by atoms with Crippen LogP contribution in [0.15, 0.2) is 10.7 Å². The summed E-state index contributed by atoms with van der Waals surface area (Å²) in [6.45, 7) is 1.24. The number of piperidine rings is 1. The molecule has 0 amide bonds. The quantitative estimate of drug-likeness (QED) is 0.700. The molecule has 7 nitrogen and oxygen atoms in total. The number of nitrogens with zero attached hydrogens (tertiary/aromatic N) is 3. The molecule has 0 atom stereocenters. The number of rotatable bonds is 2. The van der Waals surface area contributed by atoms with Crippen molar-refractivity contribution in [3.63, 3.8) is 0 Å². The van der Waals surface area contributed by atoms with Gasteiger partial charge in [0.1, 0.15) is 5.88 Å². The Kier molecular flexibility index (Phi) is 2.44. The number of carboxylic acid groups (broad SMARTS) is 1. The van der Waals surface area contributed by atoms with Gasteiger partial charge in [-0.1, -0.05) is 0 Å². The van der Waals surface area contributed by atoms with Crippen LogP contribution in [0, 0.1) is 5.92 Å². The van der Waals surface area contributed by atoms with Crippen LogP contribution in [0.25, 0.3) is 5.73 Å². The number of hydrogen-bond donors (Lipinski definition) is 1. The van der Waals surface area contributed by atoms with Gasteiger partial charge in [0, 0.05) is 0 Å². The first-order valence-corrected chi connectivity index (χ1v) is 4.75. The minimum Gasteiger partial charge on any atom is -0.660 e. The van der Waals surface area contributed by atoms with Crippen LogP contribution in [0.4, 0.5) is 5.88 Å². The fraction of sp³-hybridized carbons (Fsp3) is 0.625. The lowest BCUT2D eigenvalue weighted by Crippen LogP contribution is -2.61. The Labute approximate surface area is 86.0 Å². The highest BCUT2D eigenvalue weighted by atomic mass is 16.5. The number of carboxylic acids is 1. The van der Waals surface area contributed by atoms with Crippen LogP contribution in [0.2, 0.25) is 0 Å². The van der Waals surface area contributed by atoms with Gasteiger partial charge in [-0.05, 0) is 12.8 Å². The number of carbonyl (C=O) groups is 1. The molecule has 7 heteroatoms. The number of aliphatic carboxylic acids is 1. The normalized spacial score (nSPS) is 18.0. The van der Waals surface area contributed by atoms with Crippen LogP contribution in [0.1, 0.15) is 12.8 Å². The lowest BCUT2D eigenvalue weighted by Gasteiger charge is -2.23. The van der Waals surface area contributed by atoms with Crippen molar-refractivity contribution in [1.82, 2.24) is 5.27 Å². The number of hydrogen-bond acceptors (Lipinski definition) is 4.